The molecule has 3 aromatic carbocycles. The zero-order chi connectivity index (χ0) is 23.8. The molecule has 0 spiro atoms. The quantitative estimate of drug-likeness (QED) is 0.355. The Morgan fingerprint density at radius 1 is 0.909 bits per heavy atom. The van der Waals surface area contributed by atoms with E-state index >= 15 is 0 Å². The molecule has 8 heteroatoms. The molecule has 0 aliphatic rings. The average molecular weight is 453 g/mol. The standard InChI is InChI=1S/C25H22F3N3O2/c1-24(2,3)33-23(32)31-21-15-19(29-18-11-7-10-17(14-18)25(26,27)28)12-13-20(21)22(30-31)16-8-5-4-6-9-16/h4-15,29H,1-3H3. The second-order valence-electron chi connectivity index (χ2n) is 8.54. The van der Waals surface area contributed by atoms with E-state index in [1.807, 2.05) is 30.3 Å². The van der Waals surface area contributed by atoms with Gasteiger partial charge in [-0.25, -0.2) is 4.79 Å². The number of fused-ring (bicyclic) bond motifs is 1. The van der Waals surface area contributed by atoms with Crippen molar-refractivity contribution in [3.8, 4) is 11.3 Å². The predicted octanol–water partition coefficient (Wildman–Crippen LogP) is 7.25. The number of aromatic nitrogens is 2. The number of benzene rings is 3. The van der Waals surface area contributed by atoms with E-state index in [0.717, 1.165) is 17.7 Å². The average Bonchev–Trinajstić information content (AvgIpc) is 3.12. The van der Waals surface area contributed by atoms with E-state index in [2.05, 4.69) is 10.4 Å². The van der Waals surface area contributed by atoms with Gasteiger partial charge in [-0.15, -0.1) is 0 Å². The fraction of sp³-hybridized carbons (Fsp3) is 0.200. The second-order valence-corrected chi connectivity index (χ2v) is 8.54. The molecule has 0 unspecified atom stereocenters. The molecule has 0 saturated carbocycles. The van der Waals surface area contributed by atoms with Gasteiger partial charge in [-0.2, -0.15) is 23.0 Å². The lowest BCUT2D eigenvalue weighted by atomic mass is 10.1. The molecule has 1 aromatic heterocycles. The summed E-state index contributed by atoms with van der Waals surface area (Å²) in [5.41, 5.74) is 1.20. The molecule has 5 nitrogen and oxygen atoms in total. The molecule has 0 aliphatic carbocycles. The first-order valence-corrected chi connectivity index (χ1v) is 10.3. The molecule has 4 aromatic rings. The highest BCUT2D eigenvalue weighted by atomic mass is 19.4. The number of nitrogens with zero attached hydrogens (tertiary/aromatic N) is 2. The van der Waals surface area contributed by atoms with Crippen molar-refractivity contribution in [1.29, 1.82) is 0 Å². The van der Waals surface area contributed by atoms with Gasteiger partial charge >= 0.3 is 12.3 Å². The van der Waals surface area contributed by atoms with Gasteiger partial charge in [0, 0.05) is 22.3 Å². The Bertz CT molecular complexity index is 1310. The summed E-state index contributed by atoms with van der Waals surface area (Å²) in [7, 11) is 0. The number of hydrogen-bond donors (Lipinski definition) is 1. The minimum Gasteiger partial charge on any atom is -0.442 e. The summed E-state index contributed by atoms with van der Waals surface area (Å²) >= 11 is 0. The number of carbonyl (C=O) groups is 1. The number of nitrogens with one attached hydrogen (secondary N) is 1. The molecule has 0 saturated heterocycles. The minimum atomic E-state index is -4.44. The summed E-state index contributed by atoms with van der Waals surface area (Å²) in [6.45, 7) is 5.28. The van der Waals surface area contributed by atoms with Crippen LogP contribution in [0.25, 0.3) is 22.2 Å². The third kappa shape index (κ3) is 5.00. The van der Waals surface area contributed by atoms with Crippen LogP contribution in [0.1, 0.15) is 26.3 Å². The maximum absolute atomic E-state index is 13.1. The summed E-state index contributed by atoms with van der Waals surface area (Å²) in [4.78, 5) is 12.9. The van der Waals surface area contributed by atoms with E-state index in [1.54, 1.807) is 45.0 Å². The van der Waals surface area contributed by atoms with E-state index in [0.29, 0.717) is 22.3 Å². The van der Waals surface area contributed by atoms with Crippen LogP contribution in [0.5, 0.6) is 0 Å². The highest BCUT2D eigenvalue weighted by molar-refractivity contribution is 5.99. The van der Waals surface area contributed by atoms with Crippen LogP contribution in [0.3, 0.4) is 0 Å². The Hall–Kier alpha value is -3.81. The Kier molecular flexibility index (Phi) is 5.61. The fourth-order valence-electron chi connectivity index (χ4n) is 3.39. The van der Waals surface area contributed by atoms with E-state index in [9.17, 15) is 18.0 Å². The number of anilines is 2. The van der Waals surface area contributed by atoms with Crippen molar-refractivity contribution in [3.05, 3.63) is 78.4 Å². The van der Waals surface area contributed by atoms with Crippen LogP contribution in [-0.2, 0) is 10.9 Å². The Balaban J connectivity index is 1.78. The molecule has 0 aliphatic heterocycles. The molecule has 1 heterocycles. The summed E-state index contributed by atoms with van der Waals surface area (Å²) < 4.78 is 45.9. The maximum Gasteiger partial charge on any atom is 0.435 e. The zero-order valence-corrected chi connectivity index (χ0v) is 18.3. The lowest BCUT2D eigenvalue weighted by Crippen LogP contribution is -2.27. The Morgan fingerprint density at radius 3 is 2.27 bits per heavy atom. The van der Waals surface area contributed by atoms with Crippen molar-refractivity contribution in [2.24, 2.45) is 0 Å². The van der Waals surface area contributed by atoms with Gasteiger partial charge < -0.3 is 10.1 Å². The highest BCUT2D eigenvalue weighted by Gasteiger charge is 2.30. The first-order chi connectivity index (χ1) is 15.5. The number of alkyl halides is 3. The Labute approximate surface area is 188 Å². The number of halogens is 3. The van der Waals surface area contributed by atoms with Gasteiger partial charge in [0.2, 0.25) is 0 Å². The van der Waals surface area contributed by atoms with Crippen molar-refractivity contribution in [2.45, 2.75) is 32.5 Å². The van der Waals surface area contributed by atoms with Crippen LogP contribution in [0.2, 0.25) is 0 Å². The topological polar surface area (TPSA) is 56.2 Å². The monoisotopic (exact) mass is 453 g/mol. The molecular weight excluding hydrogens is 431 g/mol. The summed E-state index contributed by atoms with van der Waals surface area (Å²) in [6, 6.07) is 19.5. The van der Waals surface area contributed by atoms with Crippen molar-refractivity contribution >= 4 is 28.4 Å². The van der Waals surface area contributed by atoms with Crippen molar-refractivity contribution in [3.63, 3.8) is 0 Å². The molecule has 33 heavy (non-hydrogen) atoms. The van der Waals surface area contributed by atoms with Gasteiger partial charge in [-0.05, 0) is 57.2 Å². The maximum atomic E-state index is 13.1. The van der Waals surface area contributed by atoms with Gasteiger partial charge in [-0.1, -0.05) is 36.4 Å². The molecular formula is C25H22F3N3O2. The first-order valence-electron chi connectivity index (χ1n) is 10.3. The zero-order valence-electron chi connectivity index (χ0n) is 18.3. The van der Waals surface area contributed by atoms with Crippen LogP contribution in [-0.4, -0.2) is 21.5 Å². The normalized spacial score (nSPS) is 12.1. The van der Waals surface area contributed by atoms with Crippen LogP contribution < -0.4 is 5.32 Å². The predicted molar refractivity (Wildman–Crippen MR) is 122 cm³/mol. The van der Waals surface area contributed by atoms with E-state index < -0.39 is 23.4 Å². The van der Waals surface area contributed by atoms with E-state index in [4.69, 9.17) is 4.74 Å². The molecule has 0 radical (unpaired) electrons. The number of ether oxygens (including phenoxy) is 1. The van der Waals surface area contributed by atoms with Gasteiger partial charge in [0.25, 0.3) is 0 Å². The number of hydrogen-bond acceptors (Lipinski definition) is 4. The Morgan fingerprint density at radius 2 is 1.61 bits per heavy atom. The SMILES string of the molecule is CC(C)(C)OC(=O)n1nc(-c2ccccc2)c2ccc(Nc3cccc(C(F)(F)F)c3)cc21. The van der Waals surface area contributed by atoms with Crippen molar-refractivity contribution in [2.75, 3.05) is 5.32 Å². The third-order valence-electron chi connectivity index (χ3n) is 4.77. The summed E-state index contributed by atoms with van der Waals surface area (Å²) in [6.07, 6.45) is -5.09. The second kappa shape index (κ2) is 8.27. The van der Waals surface area contributed by atoms with Gasteiger partial charge in [-0.3, -0.25) is 0 Å². The van der Waals surface area contributed by atoms with Crippen molar-refractivity contribution < 1.29 is 22.7 Å². The van der Waals surface area contributed by atoms with Crippen LogP contribution in [0.15, 0.2) is 72.8 Å². The summed E-state index contributed by atoms with van der Waals surface area (Å²) in [5, 5.41) is 8.19. The number of carbonyl (C=O) groups excluding carboxylic acids is 1. The highest BCUT2D eigenvalue weighted by Crippen LogP contribution is 2.33. The molecule has 4 rings (SSSR count). The lowest BCUT2D eigenvalue weighted by Gasteiger charge is -2.19. The smallest absolute Gasteiger partial charge is 0.435 e. The molecule has 170 valence electrons. The largest absolute Gasteiger partial charge is 0.442 e. The molecule has 0 bridgehead atoms. The van der Waals surface area contributed by atoms with E-state index in [1.165, 1.54) is 10.7 Å². The van der Waals surface area contributed by atoms with Gasteiger partial charge in [0.1, 0.15) is 11.3 Å². The number of rotatable bonds is 3. The first kappa shape index (κ1) is 22.4. The van der Waals surface area contributed by atoms with Crippen molar-refractivity contribution in [1.82, 2.24) is 9.78 Å². The van der Waals surface area contributed by atoms with E-state index in [-0.39, 0.29) is 5.69 Å². The van der Waals surface area contributed by atoms with Crippen LogP contribution in [0.4, 0.5) is 29.3 Å². The third-order valence-corrected chi connectivity index (χ3v) is 4.77. The van der Waals surface area contributed by atoms with Crippen LogP contribution in [0, 0.1) is 0 Å². The van der Waals surface area contributed by atoms with Gasteiger partial charge in [0.05, 0.1) is 11.1 Å². The minimum absolute atomic E-state index is 0.274. The summed E-state index contributed by atoms with van der Waals surface area (Å²) in [5.74, 6) is 0. The molecule has 0 amide bonds. The lowest BCUT2D eigenvalue weighted by molar-refractivity contribution is -0.137. The molecule has 1 N–H and O–H groups in total. The fourth-order valence-corrected chi connectivity index (χ4v) is 3.39. The molecule has 0 atom stereocenters. The van der Waals surface area contributed by atoms with Crippen LogP contribution >= 0.6 is 0 Å². The molecule has 0 fully saturated rings. The van der Waals surface area contributed by atoms with Gasteiger partial charge in [0.15, 0.2) is 0 Å².